The van der Waals surface area contributed by atoms with Gasteiger partial charge in [-0.25, -0.2) is 4.98 Å². The summed E-state index contributed by atoms with van der Waals surface area (Å²) in [5.41, 5.74) is 5.62. The lowest BCUT2D eigenvalue weighted by Gasteiger charge is -2.32. The zero-order valence-corrected chi connectivity index (χ0v) is 20.0. The molecule has 0 aliphatic carbocycles. The van der Waals surface area contributed by atoms with Crippen LogP contribution in [0.1, 0.15) is 24.0 Å². The van der Waals surface area contributed by atoms with E-state index in [1.165, 1.54) is 5.56 Å². The molecule has 0 radical (unpaired) electrons. The summed E-state index contributed by atoms with van der Waals surface area (Å²) in [5.74, 6) is 1.54. The van der Waals surface area contributed by atoms with E-state index in [-0.39, 0.29) is 0 Å². The van der Waals surface area contributed by atoms with Gasteiger partial charge < -0.3 is 5.32 Å². The number of hydrogen-bond acceptors (Lipinski definition) is 5. The highest BCUT2D eigenvalue weighted by molar-refractivity contribution is 6.36. The number of likely N-dealkylation sites (tertiary alicyclic amines) is 1. The second-order valence-electron chi connectivity index (χ2n) is 8.98. The van der Waals surface area contributed by atoms with Crippen LogP contribution in [0.5, 0.6) is 0 Å². The second kappa shape index (κ2) is 9.88. The maximum Gasteiger partial charge on any atom is 0.151 e. The zero-order valence-electron chi connectivity index (χ0n) is 19.2. The van der Waals surface area contributed by atoms with E-state index < -0.39 is 0 Å². The van der Waals surface area contributed by atoms with Gasteiger partial charge in [-0.15, -0.1) is 0 Å². The van der Waals surface area contributed by atoms with Gasteiger partial charge in [-0.2, -0.15) is 14.9 Å². The van der Waals surface area contributed by atoms with Crippen LogP contribution in [0.2, 0.25) is 5.02 Å². The van der Waals surface area contributed by atoms with Crippen molar-refractivity contribution < 1.29 is 0 Å². The fourth-order valence-electron chi connectivity index (χ4n) is 4.55. The zero-order chi connectivity index (χ0) is 23.5. The first kappa shape index (κ1) is 22.5. The Bertz CT molecular complexity index is 1340. The molecule has 4 aromatic rings. The highest BCUT2D eigenvalue weighted by Gasteiger charge is 2.20. The Hall–Kier alpha value is -3.34. The summed E-state index contributed by atoms with van der Waals surface area (Å²) < 4.78 is 1.88. The summed E-state index contributed by atoms with van der Waals surface area (Å²) in [6.07, 6.45) is 4.14. The Morgan fingerprint density at radius 1 is 1.12 bits per heavy atom. The van der Waals surface area contributed by atoms with Crippen LogP contribution < -0.4 is 10.8 Å². The molecule has 170 valence electrons. The Labute approximate surface area is 205 Å². The average molecular weight is 469 g/mol. The fourth-order valence-corrected chi connectivity index (χ4v) is 4.78. The van der Waals surface area contributed by atoms with Crippen LogP contribution in [0.15, 0.2) is 60.8 Å². The number of hydrogen-bond donors (Lipinski definition) is 1. The molecule has 2 aromatic heterocycles. The highest BCUT2D eigenvalue weighted by Crippen LogP contribution is 2.28. The molecule has 0 spiro atoms. The molecule has 8 heteroatoms. The van der Waals surface area contributed by atoms with E-state index in [1.807, 2.05) is 61.0 Å². The van der Waals surface area contributed by atoms with Crippen molar-refractivity contribution >= 4 is 36.4 Å². The number of fused-ring (bicyclic) bond motifs is 1. The maximum atomic E-state index is 8.98. The van der Waals surface area contributed by atoms with Gasteiger partial charge >= 0.3 is 0 Å². The smallest absolute Gasteiger partial charge is 0.151 e. The van der Waals surface area contributed by atoms with Gasteiger partial charge in [0.15, 0.2) is 5.65 Å². The maximum absolute atomic E-state index is 8.98. The van der Waals surface area contributed by atoms with Crippen molar-refractivity contribution in [3.05, 3.63) is 76.9 Å². The quantitative estimate of drug-likeness (QED) is 0.439. The van der Waals surface area contributed by atoms with Crippen molar-refractivity contribution in [2.75, 3.05) is 25.0 Å². The van der Waals surface area contributed by atoms with Crippen LogP contribution >= 0.6 is 11.6 Å². The van der Waals surface area contributed by atoms with Gasteiger partial charge in [-0.05, 0) is 61.1 Å². The molecule has 1 aliphatic heterocycles. The molecule has 0 saturated carbocycles. The molecule has 3 heterocycles. The van der Waals surface area contributed by atoms with E-state index >= 15 is 0 Å². The molecule has 34 heavy (non-hydrogen) atoms. The minimum absolute atomic E-state index is 0.598. The van der Waals surface area contributed by atoms with E-state index in [4.69, 9.17) is 21.8 Å². The van der Waals surface area contributed by atoms with Gasteiger partial charge in [0.25, 0.3) is 0 Å². The van der Waals surface area contributed by atoms with Crippen LogP contribution in [-0.4, -0.2) is 47.0 Å². The molecule has 1 fully saturated rings. The van der Waals surface area contributed by atoms with E-state index in [2.05, 4.69) is 33.5 Å². The summed E-state index contributed by atoms with van der Waals surface area (Å²) in [6, 6.07) is 19.9. The summed E-state index contributed by atoms with van der Waals surface area (Å²) >= 11 is 6.46. The van der Waals surface area contributed by atoms with Crippen molar-refractivity contribution in [1.29, 1.82) is 5.26 Å². The number of anilines is 1. The van der Waals surface area contributed by atoms with E-state index in [1.54, 1.807) is 0 Å². The largest absolute Gasteiger partial charge is 0.370 e. The number of aromatic nitrogens is 3. The molecule has 5 rings (SSSR count). The summed E-state index contributed by atoms with van der Waals surface area (Å²) in [7, 11) is 2.03. The predicted octanol–water partition coefficient (Wildman–Crippen LogP) is 3.50. The van der Waals surface area contributed by atoms with Crippen molar-refractivity contribution in [3.8, 4) is 17.3 Å². The van der Waals surface area contributed by atoms with Crippen LogP contribution in [0.3, 0.4) is 0 Å². The monoisotopic (exact) mass is 468 g/mol. The first-order valence-electron chi connectivity index (χ1n) is 11.7. The molecular formula is C26H26BClN6. The third-order valence-corrected chi connectivity index (χ3v) is 6.90. The second-order valence-corrected chi connectivity index (χ2v) is 9.39. The Morgan fingerprint density at radius 3 is 2.62 bits per heavy atom. The third kappa shape index (κ3) is 4.79. The van der Waals surface area contributed by atoms with Gasteiger partial charge in [0.2, 0.25) is 0 Å². The van der Waals surface area contributed by atoms with Gasteiger partial charge in [-0.1, -0.05) is 41.9 Å². The van der Waals surface area contributed by atoms with Crippen molar-refractivity contribution in [2.24, 2.45) is 5.92 Å². The molecule has 2 aromatic carbocycles. The molecule has 0 atom stereocenters. The van der Waals surface area contributed by atoms with Crippen LogP contribution in [0, 0.1) is 17.2 Å². The first-order valence-corrected chi connectivity index (χ1v) is 12.0. The van der Waals surface area contributed by atoms with Gasteiger partial charge in [0.1, 0.15) is 13.7 Å². The van der Waals surface area contributed by atoms with Gasteiger partial charge in [-0.3, -0.25) is 4.90 Å². The number of nitrogens with zero attached hydrogens (tertiary/aromatic N) is 5. The van der Waals surface area contributed by atoms with Crippen molar-refractivity contribution in [3.63, 3.8) is 0 Å². The summed E-state index contributed by atoms with van der Waals surface area (Å²) in [5, 5.41) is 17.9. The summed E-state index contributed by atoms with van der Waals surface area (Å²) in [4.78, 5) is 7.33. The number of rotatable bonds is 6. The van der Waals surface area contributed by atoms with E-state index in [9.17, 15) is 0 Å². The van der Waals surface area contributed by atoms with Gasteiger partial charge in [0.05, 0.1) is 17.3 Å². The fraction of sp³-hybridized carbons (Fsp3) is 0.269. The highest BCUT2D eigenvalue weighted by atomic mass is 35.5. The lowest BCUT2D eigenvalue weighted by molar-refractivity contribution is 0.182. The Morgan fingerprint density at radius 2 is 1.88 bits per heavy atom. The van der Waals surface area contributed by atoms with Crippen LogP contribution in [0.25, 0.3) is 16.9 Å². The Balaban J connectivity index is 1.25. The van der Waals surface area contributed by atoms with E-state index in [0.29, 0.717) is 16.5 Å². The van der Waals surface area contributed by atoms with Crippen molar-refractivity contribution in [2.45, 2.75) is 19.4 Å². The molecule has 1 N–H and O–H groups in total. The minimum Gasteiger partial charge on any atom is -0.370 e. The molecular weight excluding hydrogens is 443 g/mol. The Kier molecular flexibility index (Phi) is 6.53. The molecule has 6 nitrogen and oxygen atoms in total. The number of nitriles is 1. The molecule has 0 amide bonds. The lowest BCUT2D eigenvalue weighted by Crippen LogP contribution is -2.35. The van der Waals surface area contributed by atoms with Crippen molar-refractivity contribution in [1.82, 2.24) is 19.5 Å². The lowest BCUT2D eigenvalue weighted by atomic mass is 9.96. The van der Waals surface area contributed by atoms with Gasteiger partial charge in [0, 0.05) is 35.9 Å². The number of halogens is 1. The molecule has 0 unspecified atom stereocenters. The number of benzene rings is 2. The van der Waals surface area contributed by atoms with E-state index in [0.717, 1.165) is 67.2 Å². The predicted molar refractivity (Wildman–Crippen MR) is 139 cm³/mol. The van der Waals surface area contributed by atoms with Crippen LogP contribution in [0.4, 0.5) is 5.82 Å². The van der Waals surface area contributed by atoms with Crippen LogP contribution in [-0.2, 0) is 6.54 Å². The SMILES string of the molecule is Bc1cnn2c(NCC3CCN(Cc4ccc(C#N)cc4)CC3)cc(-c3ccccc3Cl)nc12. The average Bonchev–Trinajstić information content (AvgIpc) is 3.25. The normalized spacial score (nSPS) is 14.8. The summed E-state index contributed by atoms with van der Waals surface area (Å²) in [6.45, 7) is 3.98. The minimum atomic E-state index is 0.598. The molecule has 0 bridgehead atoms. The standard InChI is InChI=1S/C26H26BClN6/c27-22-16-31-34-25(13-24(32-26(22)34)21-3-1-2-4-23(21)28)30-15-19-9-11-33(12-10-19)17-20-7-5-18(14-29)6-8-20/h1-8,13,16,19,30H,9-12,15,17,27H2. The molecule has 1 aliphatic rings. The third-order valence-electron chi connectivity index (χ3n) is 6.57. The number of nitrogens with one attached hydrogen (secondary N) is 1. The number of piperidine rings is 1. The first-order chi connectivity index (χ1) is 16.6. The topological polar surface area (TPSA) is 69.2 Å². The molecule has 1 saturated heterocycles.